The predicted molar refractivity (Wildman–Crippen MR) is 112 cm³/mol. The van der Waals surface area contributed by atoms with Crippen molar-refractivity contribution in [3.05, 3.63) is 73.9 Å². The van der Waals surface area contributed by atoms with Gasteiger partial charge in [0, 0.05) is 10.5 Å². The van der Waals surface area contributed by atoms with Crippen molar-refractivity contribution in [1.82, 2.24) is 0 Å². The monoisotopic (exact) mass is 478 g/mol. The number of esters is 2. The van der Waals surface area contributed by atoms with Gasteiger partial charge < -0.3 is 19.5 Å². The van der Waals surface area contributed by atoms with E-state index >= 15 is 0 Å². The van der Waals surface area contributed by atoms with Crippen molar-refractivity contribution < 1.29 is 28.7 Å². The molecular weight excluding hydrogens is 460 g/mol. The van der Waals surface area contributed by atoms with Gasteiger partial charge in [0.1, 0.15) is 17.1 Å². The molecule has 9 nitrogen and oxygen atoms in total. The van der Waals surface area contributed by atoms with Crippen LogP contribution >= 0.6 is 15.9 Å². The van der Waals surface area contributed by atoms with Crippen molar-refractivity contribution in [2.24, 2.45) is 0 Å². The van der Waals surface area contributed by atoms with Crippen LogP contribution in [0.1, 0.15) is 11.1 Å². The number of halogens is 1. The van der Waals surface area contributed by atoms with Crippen molar-refractivity contribution in [1.29, 1.82) is 0 Å². The Morgan fingerprint density at radius 3 is 2.30 bits per heavy atom. The third-order valence-corrected chi connectivity index (χ3v) is 4.65. The molecule has 30 heavy (non-hydrogen) atoms. The Bertz CT molecular complexity index is 987. The maximum atomic E-state index is 12.0. The summed E-state index contributed by atoms with van der Waals surface area (Å²) < 4.78 is 14.6. The van der Waals surface area contributed by atoms with E-state index in [9.17, 15) is 19.7 Å². The molecule has 0 unspecified atom stereocenters. The standard InChI is InChI=1S/C20H19BrN2O7/c1-28-14-6-4-12(5-7-14)8-13-9-15(21)19(17(10-13)23(26)27)22-16(20(25)30-3)11-18(24)29-2/h4-7,9-11,22H,8H2,1-3H3/b16-11+. The third kappa shape index (κ3) is 5.80. The van der Waals surface area contributed by atoms with Crippen LogP contribution in [-0.4, -0.2) is 38.2 Å². The second-order valence-electron chi connectivity index (χ2n) is 5.95. The minimum Gasteiger partial charge on any atom is -0.497 e. The topological polar surface area (TPSA) is 117 Å². The zero-order valence-corrected chi connectivity index (χ0v) is 18.0. The number of benzene rings is 2. The highest BCUT2D eigenvalue weighted by Gasteiger charge is 2.23. The number of carbonyl (C=O) groups excluding carboxylic acids is 2. The minimum atomic E-state index is -0.885. The summed E-state index contributed by atoms with van der Waals surface area (Å²) in [5.41, 5.74) is 1.00. The van der Waals surface area contributed by atoms with Gasteiger partial charge >= 0.3 is 11.9 Å². The average Bonchev–Trinajstić information content (AvgIpc) is 2.74. The first kappa shape index (κ1) is 22.9. The number of hydrogen-bond donors (Lipinski definition) is 1. The van der Waals surface area contributed by atoms with Gasteiger partial charge in [-0.05, 0) is 51.7 Å². The zero-order chi connectivity index (χ0) is 22.3. The summed E-state index contributed by atoms with van der Waals surface area (Å²) in [6, 6.07) is 10.4. The summed E-state index contributed by atoms with van der Waals surface area (Å²) in [6.45, 7) is 0. The number of rotatable bonds is 8. The quantitative estimate of drug-likeness (QED) is 0.264. The fourth-order valence-corrected chi connectivity index (χ4v) is 3.16. The zero-order valence-electron chi connectivity index (χ0n) is 16.4. The Labute approximate surface area is 180 Å². The first-order chi connectivity index (χ1) is 14.3. The fraction of sp³-hybridized carbons (Fsp3) is 0.200. The molecule has 0 aliphatic rings. The Morgan fingerprint density at radius 1 is 1.10 bits per heavy atom. The molecule has 0 spiro atoms. The van der Waals surface area contributed by atoms with Gasteiger partial charge in [0.15, 0.2) is 0 Å². The Hall–Kier alpha value is -3.40. The molecule has 158 valence electrons. The van der Waals surface area contributed by atoms with Crippen LogP contribution in [0.3, 0.4) is 0 Å². The summed E-state index contributed by atoms with van der Waals surface area (Å²) in [6.07, 6.45) is 1.29. The highest BCUT2D eigenvalue weighted by Crippen LogP contribution is 2.36. The number of ether oxygens (including phenoxy) is 3. The van der Waals surface area contributed by atoms with E-state index in [0.29, 0.717) is 22.2 Å². The normalized spacial score (nSPS) is 10.9. The van der Waals surface area contributed by atoms with Crippen LogP contribution in [-0.2, 0) is 25.5 Å². The van der Waals surface area contributed by atoms with Gasteiger partial charge in [-0.25, -0.2) is 9.59 Å². The molecule has 1 N–H and O–H groups in total. The van der Waals surface area contributed by atoms with Crippen LogP contribution in [0.25, 0.3) is 0 Å². The lowest BCUT2D eigenvalue weighted by Gasteiger charge is -2.13. The molecule has 0 radical (unpaired) electrons. The average molecular weight is 479 g/mol. The van der Waals surface area contributed by atoms with Crippen LogP contribution in [0.4, 0.5) is 11.4 Å². The SMILES string of the molecule is COC(=O)/C=C(/Nc1c(Br)cc(Cc2ccc(OC)cc2)cc1[N+](=O)[O-])C(=O)OC. The molecule has 2 rings (SSSR count). The summed E-state index contributed by atoms with van der Waals surface area (Å²) in [5.74, 6) is -1.00. The summed E-state index contributed by atoms with van der Waals surface area (Å²) >= 11 is 3.30. The molecule has 0 amide bonds. The van der Waals surface area contributed by atoms with Crippen molar-refractivity contribution >= 4 is 39.2 Å². The number of nitrogens with zero attached hydrogens (tertiary/aromatic N) is 1. The van der Waals surface area contributed by atoms with Crippen molar-refractivity contribution in [3.8, 4) is 5.75 Å². The molecule has 10 heteroatoms. The lowest BCUT2D eigenvalue weighted by atomic mass is 10.0. The molecule has 0 fully saturated rings. The largest absolute Gasteiger partial charge is 0.497 e. The first-order valence-electron chi connectivity index (χ1n) is 8.53. The van der Waals surface area contributed by atoms with Gasteiger partial charge in [0.25, 0.3) is 5.69 Å². The van der Waals surface area contributed by atoms with Crippen LogP contribution < -0.4 is 10.1 Å². The number of nitrogens with one attached hydrogen (secondary N) is 1. The number of anilines is 1. The van der Waals surface area contributed by atoms with Gasteiger partial charge in [-0.3, -0.25) is 10.1 Å². The Morgan fingerprint density at radius 2 is 1.77 bits per heavy atom. The van der Waals surface area contributed by atoms with E-state index in [1.807, 2.05) is 12.1 Å². The lowest BCUT2D eigenvalue weighted by molar-refractivity contribution is -0.384. The van der Waals surface area contributed by atoms with E-state index in [0.717, 1.165) is 25.9 Å². The number of methoxy groups -OCH3 is 3. The number of hydrogen-bond acceptors (Lipinski definition) is 8. The molecule has 0 aliphatic carbocycles. The number of carbonyl (C=O) groups is 2. The van der Waals surface area contributed by atoms with Gasteiger partial charge in [-0.15, -0.1) is 0 Å². The third-order valence-electron chi connectivity index (χ3n) is 4.02. The fourth-order valence-electron chi connectivity index (χ4n) is 2.56. The second kappa shape index (κ2) is 10.4. The lowest BCUT2D eigenvalue weighted by Crippen LogP contribution is -2.16. The summed E-state index contributed by atoms with van der Waals surface area (Å²) in [7, 11) is 3.83. The summed E-state index contributed by atoms with van der Waals surface area (Å²) in [4.78, 5) is 34.6. The van der Waals surface area contributed by atoms with Crippen molar-refractivity contribution in [2.75, 3.05) is 26.6 Å². The Balaban J connectivity index is 2.42. The van der Waals surface area contributed by atoms with Gasteiger partial charge in [0.05, 0.1) is 32.3 Å². The van der Waals surface area contributed by atoms with E-state index in [1.54, 1.807) is 25.3 Å². The molecule has 0 atom stereocenters. The number of nitro benzene ring substituents is 1. The van der Waals surface area contributed by atoms with Crippen molar-refractivity contribution in [2.45, 2.75) is 6.42 Å². The van der Waals surface area contributed by atoms with E-state index in [4.69, 9.17) is 4.74 Å². The molecule has 2 aromatic rings. The smallest absolute Gasteiger partial charge is 0.354 e. The maximum absolute atomic E-state index is 12.0. The van der Waals surface area contributed by atoms with E-state index in [1.165, 1.54) is 6.07 Å². The molecule has 2 aromatic carbocycles. The van der Waals surface area contributed by atoms with E-state index in [2.05, 4.69) is 30.7 Å². The molecule has 0 aliphatic heterocycles. The predicted octanol–water partition coefficient (Wildman–Crippen LogP) is 3.60. The molecule has 0 saturated heterocycles. The molecule has 0 aromatic heterocycles. The maximum Gasteiger partial charge on any atom is 0.354 e. The molecule has 0 saturated carbocycles. The van der Waals surface area contributed by atoms with Crippen LogP contribution in [0.15, 0.2) is 52.6 Å². The van der Waals surface area contributed by atoms with Gasteiger partial charge in [-0.1, -0.05) is 12.1 Å². The highest BCUT2D eigenvalue weighted by molar-refractivity contribution is 9.10. The Kier molecular flexibility index (Phi) is 7.93. The minimum absolute atomic E-state index is 0.000894. The molecule has 0 bridgehead atoms. The van der Waals surface area contributed by atoms with Gasteiger partial charge in [0.2, 0.25) is 0 Å². The van der Waals surface area contributed by atoms with Gasteiger partial charge in [-0.2, -0.15) is 0 Å². The molecular formula is C20H19BrN2O7. The van der Waals surface area contributed by atoms with E-state index < -0.39 is 16.9 Å². The van der Waals surface area contributed by atoms with Crippen LogP contribution in [0.2, 0.25) is 0 Å². The highest BCUT2D eigenvalue weighted by atomic mass is 79.9. The van der Waals surface area contributed by atoms with Crippen molar-refractivity contribution in [3.63, 3.8) is 0 Å². The second-order valence-corrected chi connectivity index (χ2v) is 6.81. The van der Waals surface area contributed by atoms with Crippen LogP contribution in [0, 0.1) is 10.1 Å². The van der Waals surface area contributed by atoms with E-state index in [-0.39, 0.29) is 17.1 Å². The summed E-state index contributed by atoms with van der Waals surface area (Å²) in [5, 5.41) is 14.3. The van der Waals surface area contributed by atoms with Crippen LogP contribution in [0.5, 0.6) is 5.75 Å². The number of nitro groups is 1. The first-order valence-corrected chi connectivity index (χ1v) is 9.33. The molecule has 0 heterocycles.